The van der Waals surface area contributed by atoms with E-state index in [1.165, 1.54) is 47.0 Å². The number of hydrogen-bond donors (Lipinski definition) is 1. The van der Waals surface area contributed by atoms with Gasteiger partial charge >= 0.3 is 0 Å². The monoisotopic (exact) mass is 348 g/mol. The summed E-state index contributed by atoms with van der Waals surface area (Å²) >= 11 is 0. The van der Waals surface area contributed by atoms with Gasteiger partial charge in [0.1, 0.15) is 0 Å². The summed E-state index contributed by atoms with van der Waals surface area (Å²) in [6.45, 7) is 1.36. The predicted molar refractivity (Wildman–Crippen MR) is 103 cm³/mol. The van der Waals surface area contributed by atoms with Crippen molar-refractivity contribution in [3.8, 4) is 11.5 Å². The van der Waals surface area contributed by atoms with Gasteiger partial charge in [0.2, 0.25) is 6.79 Å². The molecule has 0 fully saturated rings. The fraction of sp³-hybridized carbons (Fsp3) is 0.364. The van der Waals surface area contributed by atoms with Gasteiger partial charge in [0.15, 0.2) is 11.5 Å². The van der Waals surface area contributed by atoms with Crippen molar-refractivity contribution in [1.29, 1.82) is 0 Å². The number of benzene rings is 2. The number of para-hydroxylation sites is 1. The first-order chi connectivity index (χ1) is 12.8. The second-order valence-electron chi connectivity index (χ2n) is 7.39. The van der Waals surface area contributed by atoms with Crippen molar-refractivity contribution >= 4 is 10.9 Å². The van der Waals surface area contributed by atoms with Crippen LogP contribution in [0, 0.1) is 0 Å². The van der Waals surface area contributed by atoms with Crippen molar-refractivity contribution in [2.45, 2.75) is 31.7 Å². The van der Waals surface area contributed by atoms with Crippen molar-refractivity contribution in [3.05, 3.63) is 59.3 Å². The molecule has 2 heterocycles. The summed E-state index contributed by atoms with van der Waals surface area (Å²) in [4.78, 5) is 6.20. The van der Waals surface area contributed by atoms with Gasteiger partial charge in [0, 0.05) is 29.2 Å². The number of fused-ring (bicyclic) bond motifs is 4. The molecule has 5 rings (SSSR count). The molecule has 3 aromatic rings. The predicted octanol–water partition coefficient (Wildman–Crippen LogP) is 4.45. The standard InChI is InChI=1S/C22H24N2O2/c1-24(12-11-15-9-10-20-21(13-15)26-14-25-20)19-8-4-6-17-16-5-2-3-7-18(16)23-22(17)19/h2-3,5,7,9-10,13,19,23H,4,6,8,11-12,14H2,1H3. The van der Waals surface area contributed by atoms with Crippen molar-refractivity contribution < 1.29 is 9.47 Å². The van der Waals surface area contributed by atoms with E-state index in [2.05, 4.69) is 53.3 Å². The molecule has 0 saturated carbocycles. The fourth-order valence-electron chi connectivity index (χ4n) is 4.39. The SMILES string of the molecule is CN(CCc1ccc2c(c1)OCO2)C1CCCc2c1[nH]c1ccccc21. The Morgan fingerprint density at radius 1 is 1.12 bits per heavy atom. The maximum atomic E-state index is 5.50. The molecule has 0 saturated heterocycles. The Labute approximate surface area is 153 Å². The van der Waals surface area contributed by atoms with Crippen LogP contribution in [0.2, 0.25) is 0 Å². The Hall–Kier alpha value is -2.46. The number of H-pyrrole nitrogens is 1. The Kier molecular flexibility index (Phi) is 3.86. The van der Waals surface area contributed by atoms with Crippen LogP contribution in [0.25, 0.3) is 10.9 Å². The molecule has 1 unspecified atom stereocenters. The second kappa shape index (κ2) is 6.36. The Balaban J connectivity index is 1.34. The summed E-state index contributed by atoms with van der Waals surface area (Å²) < 4.78 is 10.9. The molecule has 0 spiro atoms. The number of hydrogen-bond acceptors (Lipinski definition) is 3. The number of ether oxygens (including phenoxy) is 2. The van der Waals surface area contributed by atoms with Gasteiger partial charge in [0.05, 0.1) is 0 Å². The lowest BCUT2D eigenvalue weighted by molar-refractivity contribution is 0.174. The van der Waals surface area contributed by atoms with Crippen LogP contribution in [-0.2, 0) is 12.8 Å². The van der Waals surface area contributed by atoms with Gasteiger partial charge in [-0.05, 0) is 62.1 Å². The quantitative estimate of drug-likeness (QED) is 0.757. The second-order valence-corrected chi connectivity index (χ2v) is 7.39. The Morgan fingerprint density at radius 2 is 2.00 bits per heavy atom. The number of aromatic nitrogens is 1. The highest BCUT2D eigenvalue weighted by atomic mass is 16.7. The normalized spacial score (nSPS) is 18.5. The van der Waals surface area contributed by atoms with Gasteiger partial charge < -0.3 is 14.5 Å². The first-order valence-corrected chi connectivity index (χ1v) is 9.48. The van der Waals surface area contributed by atoms with E-state index in [1.54, 1.807) is 0 Å². The molecule has 1 aliphatic heterocycles. The van der Waals surface area contributed by atoms with Crippen LogP contribution in [-0.4, -0.2) is 30.3 Å². The summed E-state index contributed by atoms with van der Waals surface area (Å²) in [6, 6.07) is 15.5. The third-order valence-electron chi connectivity index (χ3n) is 5.81. The van der Waals surface area contributed by atoms with Crippen LogP contribution in [0.4, 0.5) is 0 Å². The molecule has 4 heteroatoms. The molecule has 26 heavy (non-hydrogen) atoms. The van der Waals surface area contributed by atoms with Gasteiger partial charge in [-0.1, -0.05) is 24.3 Å². The van der Waals surface area contributed by atoms with Crippen LogP contribution < -0.4 is 9.47 Å². The van der Waals surface area contributed by atoms with Crippen molar-refractivity contribution in [3.63, 3.8) is 0 Å². The molecule has 134 valence electrons. The van der Waals surface area contributed by atoms with Gasteiger partial charge in [0.25, 0.3) is 0 Å². The van der Waals surface area contributed by atoms with Gasteiger partial charge in [-0.2, -0.15) is 0 Å². The number of rotatable bonds is 4. The molecule has 4 nitrogen and oxygen atoms in total. The lowest BCUT2D eigenvalue weighted by Crippen LogP contribution is -2.29. The maximum absolute atomic E-state index is 5.50. The van der Waals surface area contributed by atoms with E-state index < -0.39 is 0 Å². The lowest BCUT2D eigenvalue weighted by Gasteiger charge is -2.31. The van der Waals surface area contributed by atoms with E-state index in [9.17, 15) is 0 Å². The fourth-order valence-corrected chi connectivity index (χ4v) is 4.39. The summed E-state index contributed by atoms with van der Waals surface area (Å²) in [6.07, 6.45) is 4.68. The molecular weight excluding hydrogens is 324 g/mol. The molecule has 0 radical (unpaired) electrons. The van der Waals surface area contributed by atoms with E-state index in [0.29, 0.717) is 12.8 Å². The zero-order valence-electron chi connectivity index (χ0n) is 15.1. The van der Waals surface area contributed by atoms with Crippen LogP contribution in [0.5, 0.6) is 11.5 Å². The molecular formula is C22H24N2O2. The van der Waals surface area contributed by atoms with E-state index in [1.807, 2.05) is 6.07 Å². The number of aryl methyl sites for hydroxylation is 1. The number of aromatic amines is 1. The summed E-state index contributed by atoms with van der Waals surface area (Å²) in [5.41, 5.74) is 5.51. The van der Waals surface area contributed by atoms with Crippen LogP contribution in [0.1, 0.15) is 35.7 Å². The molecule has 2 aromatic carbocycles. The first-order valence-electron chi connectivity index (χ1n) is 9.48. The van der Waals surface area contributed by atoms with Crippen LogP contribution >= 0.6 is 0 Å². The zero-order valence-corrected chi connectivity index (χ0v) is 15.1. The molecule has 0 amide bonds. The highest BCUT2D eigenvalue weighted by molar-refractivity contribution is 5.85. The van der Waals surface area contributed by atoms with E-state index in [4.69, 9.17) is 9.47 Å². The molecule has 1 N–H and O–H groups in total. The molecule has 1 aromatic heterocycles. The van der Waals surface area contributed by atoms with E-state index in [0.717, 1.165) is 24.5 Å². The van der Waals surface area contributed by atoms with Crippen LogP contribution in [0.3, 0.4) is 0 Å². The Morgan fingerprint density at radius 3 is 2.96 bits per heavy atom. The lowest BCUT2D eigenvalue weighted by atomic mass is 9.91. The minimum Gasteiger partial charge on any atom is -0.454 e. The van der Waals surface area contributed by atoms with Crippen molar-refractivity contribution in [1.82, 2.24) is 9.88 Å². The smallest absolute Gasteiger partial charge is 0.231 e. The zero-order chi connectivity index (χ0) is 17.5. The van der Waals surface area contributed by atoms with Gasteiger partial charge in [-0.15, -0.1) is 0 Å². The number of likely N-dealkylation sites (N-methyl/N-ethyl adjacent to an activating group) is 1. The average molecular weight is 348 g/mol. The largest absolute Gasteiger partial charge is 0.454 e. The van der Waals surface area contributed by atoms with Gasteiger partial charge in [-0.25, -0.2) is 0 Å². The topological polar surface area (TPSA) is 37.5 Å². The highest BCUT2D eigenvalue weighted by Gasteiger charge is 2.27. The van der Waals surface area contributed by atoms with E-state index >= 15 is 0 Å². The molecule has 0 bridgehead atoms. The summed E-state index contributed by atoms with van der Waals surface area (Å²) in [5.74, 6) is 1.73. The number of nitrogens with zero attached hydrogens (tertiary/aromatic N) is 1. The van der Waals surface area contributed by atoms with Crippen molar-refractivity contribution in [2.75, 3.05) is 20.4 Å². The van der Waals surface area contributed by atoms with Gasteiger partial charge in [-0.3, -0.25) is 4.90 Å². The van der Waals surface area contributed by atoms with E-state index in [-0.39, 0.29) is 0 Å². The highest BCUT2D eigenvalue weighted by Crippen LogP contribution is 2.37. The molecule has 1 aliphatic carbocycles. The molecule has 2 aliphatic rings. The third-order valence-corrected chi connectivity index (χ3v) is 5.81. The average Bonchev–Trinajstić information content (AvgIpc) is 3.29. The minimum absolute atomic E-state index is 0.337. The number of nitrogens with one attached hydrogen (secondary N) is 1. The molecule has 1 atom stereocenters. The van der Waals surface area contributed by atoms with Crippen LogP contribution in [0.15, 0.2) is 42.5 Å². The summed E-state index contributed by atoms with van der Waals surface area (Å²) in [5, 5.41) is 1.40. The first kappa shape index (κ1) is 15.8. The van der Waals surface area contributed by atoms with Crippen molar-refractivity contribution in [2.24, 2.45) is 0 Å². The Bertz CT molecular complexity index is 946. The minimum atomic E-state index is 0.337. The summed E-state index contributed by atoms with van der Waals surface area (Å²) in [7, 11) is 2.25. The third kappa shape index (κ3) is 2.65. The maximum Gasteiger partial charge on any atom is 0.231 e.